The maximum Gasteiger partial charge on any atom is 0.268 e. The number of sulfone groups is 1. The summed E-state index contributed by atoms with van der Waals surface area (Å²) in [6.07, 6.45) is 2.64. The smallest absolute Gasteiger partial charge is 0.268 e. The monoisotopic (exact) mass is 245 g/mol. The van der Waals surface area contributed by atoms with Crippen molar-refractivity contribution >= 4 is 15.5 Å². The van der Waals surface area contributed by atoms with Gasteiger partial charge in [0.1, 0.15) is 9.84 Å². The molecule has 0 aliphatic heterocycles. The predicted octanol–water partition coefficient (Wildman–Crippen LogP) is -0.280. The SMILES string of the molecule is CCNc1cnn(CCS(C)(=O)=O)c(=O)c1. The van der Waals surface area contributed by atoms with E-state index in [0.717, 1.165) is 10.9 Å². The van der Waals surface area contributed by atoms with Crippen LogP contribution in [0.2, 0.25) is 0 Å². The van der Waals surface area contributed by atoms with E-state index < -0.39 is 9.84 Å². The fraction of sp³-hybridized carbons (Fsp3) is 0.556. The van der Waals surface area contributed by atoms with Crippen molar-refractivity contribution in [3.8, 4) is 0 Å². The lowest BCUT2D eigenvalue weighted by Crippen LogP contribution is -2.25. The first kappa shape index (κ1) is 12.7. The molecule has 0 atom stereocenters. The second kappa shape index (κ2) is 5.11. The molecule has 0 aliphatic carbocycles. The molecule has 0 unspecified atom stereocenters. The van der Waals surface area contributed by atoms with Gasteiger partial charge in [0, 0.05) is 18.9 Å². The van der Waals surface area contributed by atoms with Crippen LogP contribution < -0.4 is 10.9 Å². The summed E-state index contributed by atoms with van der Waals surface area (Å²) < 4.78 is 23.0. The minimum Gasteiger partial charge on any atom is -0.384 e. The van der Waals surface area contributed by atoms with Gasteiger partial charge in [-0.3, -0.25) is 4.79 Å². The molecule has 0 radical (unpaired) electrons. The Balaban J connectivity index is 2.80. The third-order valence-electron chi connectivity index (χ3n) is 1.92. The third-order valence-corrected chi connectivity index (χ3v) is 2.85. The number of nitrogens with one attached hydrogen (secondary N) is 1. The summed E-state index contributed by atoms with van der Waals surface area (Å²) in [4.78, 5) is 11.5. The summed E-state index contributed by atoms with van der Waals surface area (Å²) in [6, 6.07) is 1.40. The van der Waals surface area contributed by atoms with E-state index in [1.165, 1.54) is 12.3 Å². The topological polar surface area (TPSA) is 81.1 Å². The van der Waals surface area contributed by atoms with Crippen molar-refractivity contribution in [3.05, 3.63) is 22.6 Å². The van der Waals surface area contributed by atoms with E-state index in [1.54, 1.807) is 0 Å². The maximum atomic E-state index is 11.5. The molecule has 0 fully saturated rings. The van der Waals surface area contributed by atoms with Crippen molar-refractivity contribution in [2.24, 2.45) is 0 Å². The summed E-state index contributed by atoms with van der Waals surface area (Å²) in [5.74, 6) is -0.0829. The quantitative estimate of drug-likeness (QED) is 0.771. The van der Waals surface area contributed by atoms with Crippen LogP contribution in [-0.4, -0.2) is 36.8 Å². The molecule has 0 aromatic carbocycles. The van der Waals surface area contributed by atoms with Crippen molar-refractivity contribution in [1.82, 2.24) is 9.78 Å². The molecule has 1 rings (SSSR count). The number of aromatic nitrogens is 2. The first-order valence-electron chi connectivity index (χ1n) is 4.91. The molecule has 90 valence electrons. The summed E-state index contributed by atoms with van der Waals surface area (Å²) in [5.41, 5.74) is 0.338. The van der Waals surface area contributed by atoms with Crippen LogP contribution in [-0.2, 0) is 16.4 Å². The van der Waals surface area contributed by atoms with E-state index in [0.29, 0.717) is 12.2 Å². The van der Waals surface area contributed by atoms with Gasteiger partial charge in [-0.2, -0.15) is 5.10 Å². The van der Waals surface area contributed by atoms with E-state index in [-0.39, 0.29) is 17.9 Å². The van der Waals surface area contributed by atoms with Gasteiger partial charge in [0.2, 0.25) is 0 Å². The first-order chi connectivity index (χ1) is 7.42. The number of hydrogen-bond acceptors (Lipinski definition) is 5. The predicted molar refractivity (Wildman–Crippen MR) is 62.4 cm³/mol. The minimum atomic E-state index is -3.07. The number of rotatable bonds is 5. The van der Waals surface area contributed by atoms with Crippen LogP contribution in [0.15, 0.2) is 17.1 Å². The fourth-order valence-corrected chi connectivity index (χ4v) is 1.66. The summed E-state index contributed by atoms with van der Waals surface area (Å²) in [5, 5.41) is 6.83. The van der Waals surface area contributed by atoms with Gasteiger partial charge in [0.15, 0.2) is 0 Å². The zero-order valence-corrected chi connectivity index (χ0v) is 10.1. The second-order valence-electron chi connectivity index (χ2n) is 3.47. The van der Waals surface area contributed by atoms with Crippen molar-refractivity contribution in [2.45, 2.75) is 13.5 Å². The molecule has 0 saturated heterocycles. The highest BCUT2D eigenvalue weighted by Crippen LogP contribution is 1.98. The van der Waals surface area contributed by atoms with Gasteiger partial charge >= 0.3 is 0 Å². The van der Waals surface area contributed by atoms with Crippen LogP contribution in [0, 0.1) is 0 Å². The Bertz CT molecular complexity index is 507. The number of anilines is 1. The van der Waals surface area contributed by atoms with Crippen LogP contribution >= 0.6 is 0 Å². The highest BCUT2D eigenvalue weighted by molar-refractivity contribution is 7.90. The molecule has 0 bridgehead atoms. The molecule has 0 aliphatic rings. The van der Waals surface area contributed by atoms with Gasteiger partial charge in [-0.15, -0.1) is 0 Å². The van der Waals surface area contributed by atoms with E-state index in [2.05, 4.69) is 10.4 Å². The number of hydrogen-bond donors (Lipinski definition) is 1. The normalized spacial score (nSPS) is 11.4. The Hall–Kier alpha value is -1.37. The van der Waals surface area contributed by atoms with Gasteiger partial charge in [0.25, 0.3) is 5.56 Å². The summed E-state index contributed by atoms with van der Waals surface area (Å²) in [6.45, 7) is 2.70. The summed E-state index contributed by atoms with van der Waals surface area (Å²) >= 11 is 0. The molecular formula is C9H15N3O3S. The lowest BCUT2D eigenvalue weighted by atomic mass is 10.4. The van der Waals surface area contributed by atoms with E-state index in [9.17, 15) is 13.2 Å². The number of nitrogens with zero attached hydrogens (tertiary/aromatic N) is 2. The fourth-order valence-electron chi connectivity index (χ4n) is 1.15. The molecule has 1 aromatic heterocycles. The van der Waals surface area contributed by atoms with Crippen LogP contribution in [0.1, 0.15) is 6.92 Å². The van der Waals surface area contributed by atoms with E-state index in [1.807, 2.05) is 6.92 Å². The average molecular weight is 245 g/mol. The molecule has 16 heavy (non-hydrogen) atoms. The Labute approximate surface area is 94.2 Å². The zero-order chi connectivity index (χ0) is 12.2. The highest BCUT2D eigenvalue weighted by Gasteiger charge is 2.05. The van der Waals surface area contributed by atoms with E-state index in [4.69, 9.17) is 0 Å². The molecule has 6 nitrogen and oxygen atoms in total. The summed E-state index contributed by atoms with van der Waals surface area (Å²) in [7, 11) is -3.07. The minimum absolute atomic E-state index is 0.0829. The third kappa shape index (κ3) is 4.01. The molecule has 7 heteroatoms. The molecule has 0 spiro atoms. The van der Waals surface area contributed by atoms with Gasteiger partial charge in [-0.25, -0.2) is 13.1 Å². The molecular weight excluding hydrogens is 230 g/mol. The molecule has 1 aromatic rings. The molecule has 1 heterocycles. The second-order valence-corrected chi connectivity index (χ2v) is 5.73. The lowest BCUT2D eigenvalue weighted by molar-refractivity contribution is 0.576. The zero-order valence-electron chi connectivity index (χ0n) is 9.30. The largest absolute Gasteiger partial charge is 0.384 e. The van der Waals surface area contributed by atoms with Crippen LogP contribution in [0.5, 0.6) is 0 Å². The lowest BCUT2D eigenvalue weighted by Gasteiger charge is -2.05. The van der Waals surface area contributed by atoms with Crippen LogP contribution in [0.4, 0.5) is 5.69 Å². The standard InChI is InChI=1S/C9H15N3O3S/c1-3-10-8-6-9(13)12(11-7-8)4-5-16(2,14)15/h6-7,10H,3-5H2,1-2H3. The van der Waals surface area contributed by atoms with E-state index >= 15 is 0 Å². The van der Waals surface area contributed by atoms with Crippen LogP contribution in [0.3, 0.4) is 0 Å². The van der Waals surface area contributed by atoms with Crippen LogP contribution in [0.25, 0.3) is 0 Å². The van der Waals surface area contributed by atoms with Gasteiger partial charge in [-0.05, 0) is 6.92 Å². The van der Waals surface area contributed by atoms with Gasteiger partial charge < -0.3 is 5.32 Å². The first-order valence-corrected chi connectivity index (χ1v) is 6.97. The van der Waals surface area contributed by atoms with Crippen molar-refractivity contribution < 1.29 is 8.42 Å². The van der Waals surface area contributed by atoms with Gasteiger partial charge in [-0.1, -0.05) is 0 Å². The Morgan fingerprint density at radius 1 is 1.50 bits per heavy atom. The van der Waals surface area contributed by atoms with Gasteiger partial charge in [0.05, 0.1) is 24.2 Å². The average Bonchev–Trinajstić information content (AvgIpc) is 2.15. The van der Waals surface area contributed by atoms with Crippen molar-refractivity contribution in [1.29, 1.82) is 0 Å². The molecule has 0 amide bonds. The highest BCUT2D eigenvalue weighted by atomic mass is 32.2. The molecule has 1 N–H and O–H groups in total. The van der Waals surface area contributed by atoms with Crippen molar-refractivity contribution in [2.75, 3.05) is 23.9 Å². The Morgan fingerprint density at radius 2 is 2.19 bits per heavy atom. The number of aryl methyl sites for hydroxylation is 1. The Kier molecular flexibility index (Phi) is 4.05. The van der Waals surface area contributed by atoms with Crippen molar-refractivity contribution in [3.63, 3.8) is 0 Å². The maximum absolute atomic E-state index is 11.5. The molecule has 0 saturated carbocycles. The Morgan fingerprint density at radius 3 is 2.69 bits per heavy atom.